The standard InChI is InChI=1S/C30H28O4S/c1-3-4-5-23-8-18-28(19-9-23)35(32,33)29-20-16-27(17-21-29)34-26-14-12-25(13-15-26)30(31)24-10-6-22(2)7-11-24/h6-21H,3-5H2,1-2H3. The fourth-order valence-corrected chi connectivity index (χ4v) is 4.98. The van der Waals surface area contributed by atoms with Crippen molar-refractivity contribution >= 4 is 15.6 Å². The van der Waals surface area contributed by atoms with E-state index in [1.807, 2.05) is 43.3 Å². The first-order valence-electron chi connectivity index (χ1n) is 11.7. The van der Waals surface area contributed by atoms with E-state index in [2.05, 4.69) is 6.92 Å². The minimum atomic E-state index is -3.60. The maximum Gasteiger partial charge on any atom is 0.206 e. The molecule has 0 aliphatic rings. The molecular weight excluding hydrogens is 456 g/mol. The molecule has 0 aromatic heterocycles. The zero-order chi connectivity index (χ0) is 24.8. The third-order valence-corrected chi connectivity index (χ3v) is 7.64. The van der Waals surface area contributed by atoms with E-state index in [0.29, 0.717) is 22.6 Å². The Kier molecular flexibility index (Phi) is 7.47. The Morgan fingerprint density at radius 1 is 0.686 bits per heavy atom. The van der Waals surface area contributed by atoms with E-state index in [0.717, 1.165) is 30.4 Å². The van der Waals surface area contributed by atoms with E-state index in [9.17, 15) is 13.2 Å². The van der Waals surface area contributed by atoms with Crippen LogP contribution in [-0.4, -0.2) is 14.2 Å². The van der Waals surface area contributed by atoms with Crippen molar-refractivity contribution in [2.45, 2.75) is 42.9 Å². The van der Waals surface area contributed by atoms with Gasteiger partial charge in [-0.1, -0.05) is 55.3 Å². The van der Waals surface area contributed by atoms with E-state index >= 15 is 0 Å². The lowest BCUT2D eigenvalue weighted by Gasteiger charge is -2.09. The molecule has 4 nitrogen and oxygen atoms in total. The van der Waals surface area contributed by atoms with E-state index in [1.165, 1.54) is 0 Å². The molecule has 4 aromatic carbocycles. The first kappa shape index (κ1) is 24.4. The maximum absolute atomic E-state index is 13.0. The van der Waals surface area contributed by atoms with Gasteiger partial charge in [0.2, 0.25) is 9.84 Å². The van der Waals surface area contributed by atoms with Crippen LogP contribution in [0.2, 0.25) is 0 Å². The summed E-state index contributed by atoms with van der Waals surface area (Å²) >= 11 is 0. The van der Waals surface area contributed by atoms with Crippen molar-refractivity contribution in [2.24, 2.45) is 0 Å². The summed E-state index contributed by atoms with van der Waals surface area (Å²) in [5.41, 5.74) is 3.45. The van der Waals surface area contributed by atoms with Gasteiger partial charge in [-0.3, -0.25) is 4.79 Å². The van der Waals surface area contributed by atoms with Crippen LogP contribution < -0.4 is 4.74 Å². The first-order valence-corrected chi connectivity index (χ1v) is 13.2. The van der Waals surface area contributed by atoms with Crippen molar-refractivity contribution in [1.29, 1.82) is 0 Å². The summed E-state index contributed by atoms with van der Waals surface area (Å²) in [5.74, 6) is 1.02. The summed E-state index contributed by atoms with van der Waals surface area (Å²) in [7, 11) is -3.60. The third-order valence-electron chi connectivity index (χ3n) is 5.85. The molecule has 4 aromatic rings. The minimum absolute atomic E-state index is 0.0514. The van der Waals surface area contributed by atoms with E-state index < -0.39 is 9.84 Å². The molecule has 0 spiro atoms. The number of benzene rings is 4. The second kappa shape index (κ2) is 10.7. The van der Waals surface area contributed by atoms with E-state index in [4.69, 9.17) is 4.74 Å². The number of aryl methyl sites for hydroxylation is 2. The second-order valence-corrected chi connectivity index (χ2v) is 10.5. The van der Waals surface area contributed by atoms with Crippen LogP contribution in [0.4, 0.5) is 0 Å². The number of ether oxygens (including phenoxy) is 1. The van der Waals surface area contributed by atoms with E-state index in [-0.39, 0.29) is 15.6 Å². The van der Waals surface area contributed by atoms with Gasteiger partial charge in [0, 0.05) is 11.1 Å². The summed E-state index contributed by atoms with van der Waals surface area (Å²) in [6, 6.07) is 27.8. The number of hydrogen-bond donors (Lipinski definition) is 0. The molecule has 0 saturated carbocycles. The van der Waals surface area contributed by atoms with Crippen LogP contribution in [0, 0.1) is 6.92 Å². The Morgan fingerprint density at radius 3 is 1.66 bits per heavy atom. The van der Waals surface area contributed by atoms with Gasteiger partial charge in [-0.25, -0.2) is 8.42 Å². The molecule has 4 rings (SSSR count). The van der Waals surface area contributed by atoms with Gasteiger partial charge in [0.05, 0.1) is 9.79 Å². The lowest BCUT2D eigenvalue weighted by atomic mass is 10.0. The van der Waals surface area contributed by atoms with Gasteiger partial charge in [0.1, 0.15) is 11.5 Å². The molecule has 0 aliphatic carbocycles. The third kappa shape index (κ3) is 5.87. The van der Waals surface area contributed by atoms with Crippen molar-refractivity contribution < 1.29 is 17.9 Å². The van der Waals surface area contributed by atoms with Gasteiger partial charge in [-0.05, 0) is 86.0 Å². The Hall–Kier alpha value is -3.70. The normalized spacial score (nSPS) is 11.3. The Morgan fingerprint density at radius 2 is 1.14 bits per heavy atom. The van der Waals surface area contributed by atoms with E-state index in [1.54, 1.807) is 60.7 Å². The van der Waals surface area contributed by atoms with Crippen molar-refractivity contribution in [3.8, 4) is 11.5 Å². The molecule has 0 radical (unpaired) electrons. The SMILES string of the molecule is CCCCc1ccc(S(=O)(=O)c2ccc(Oc3ccc(C(=O)c4ccc(C)cc4)cc3)cc2)cc1. The number of carbonyl (C=O) groups excluding carboxylic acids is 1. The Balaban J connectivity index is 1.43. The van der Waals surface area contributed by atoms with Gasteiger partial charge in [-0.15, -0.1) is 0 Å². The van der Waals surface area contributed by atoms with Crippen LogP contribution in [0.5, 0.6) is 11.5 Å². The molecule has 0 N–H and O–H groups in total. The molecular formula is C30H28O4S. The summed E-state index contributed by atoms with van der Waals surface area (Å²) in [4.78, 5) is 13.1. The first-order chi connectivity index (χ1) is 16.9. The molecule has 0 atom stereocenters. The fourth-order valence-electron chi connectivity index (χ4n) is 3.72. The summed E-state index contributed by atoms with van der Waals surface area (Å²) in [6.45, 7) is 4.11. The lowest BCUT2D eigenvalue weighted by molar-refractivity contribution is 0.103. The second-order valence-electron chi connectivity index (χ2n) is 8.54. The topological polar surface area (TPSA) is 60.4 Å². The highest BCUT2D eigenvalue weighted by molar-refractivity contribution is 7.91. The summed E-state index contributed by atoms with van der Waals surface area (Å²) < 4.78 is 31.8. The van der Waals surface area contributed by atoms with Crippen LogP contribution in [-0.2, 0) is 16.3 Å². The zero-order valence-electron chi connectivity index (χ0n) is 19.9. The largest absolute Gasteiger partial charge is 0.457 e. The number of hydrogen-bond acceptors (Lipinski definition) is 4. The number of unbranched alkanes of at least 4 members (excludes halogenated alkanes) is 1. The number of rotatable bonds is 9. The molecule has 0 aliphatic heterocycles. The van der Waals surface area contributed by atoms with Crippen molar-refractivity contribution in [1.82, 2.24) is 0 Å². The monoisotopic (exact) mass is 484 g/mol. The van der Waals surface area contributed by atoms with Crippen LogP contribution in [0.3, 0.4) is 0 Å². The summed E-state index contributed by atoms with van der Waals surface area (Å²) in [5, 5.41) is 0. The predicted molar refractivity (Wildman–Crippen MR) is 138 cm³/mol. The van der Waals surface area contributed by atoms with Gasteiger partial charge >= 0.3 is 0 Å². The maximum atomic E-state index is 13.0. The molecule has 35 heavy (non-hydrogen) atoms. The van der Waals surface area contributed by atoms with Gasteiger partial charge < -0.3 is 4.74 Å². The minimum Gasteiger partial charge on any atom is -0.457 e. The number of ketones is 1. The molecule has 178 valence electrons. The van der Waals surface area contributed by atoms with Gasteiger partial charge in [0.25, 0.3) is 0 Å². The number of carbonyl (C=O) groups is 1. The molecule has 0 bridgehead atoms. The molecule has 0 saturated heterocycles. The smallest absolute Gasteiger partial charge is 0.206 e. The fraction of sp³-hybridized carbons (Fsp3) is 0.167. The zero-order valence-corrected chi connectivity index (χ0v) is 20.7. The lowest BCUT2D eigenvalue weighted by Crippen LogP contribution is -2.02. The Bertz CT molecular complexity index is 1390. The Labute approximate surface area is 207 Å². The molecule has 0 amide bonds. The highest BCUT2D eigenvalue weighted by Gasteiger charge is 2.17. The highest BCUT2D eigenvalue weighted by atomic mass is 32.2. The quantitative estimate of drug-likeness (QED) is 0.236. The summed E-state index contributed by atoms with van der Waals surface area (Å²) in [6.07, 6.45) is 3.13. The van der Waals surface area contributed by atoms with Crippen molar-refractivity contribution in [3.05, 3.63) is 119 Å². The predicted octanol–water partition coefficient (Wildman–Crippen LogP) is 7.19. The highest BCUT2D eigenvalue weighted by Crippen LogP contribution is 2.27. The average molecular weight is 485 g/mol. The van der Waals surface area contributed by atoms with Crippen molar-refractivity contribution in [2.75, 3.05) is 0 Å². The molecule has 5 heteroatoms. The van der Waals surface area contributed by atoms with Crippen LogP contribution in [0.15, 0.2) is 107 Å². The van der Waals surface area contributed by atoms with Crippen LogP contribution >= 0.6 is 0 Å². The molecule has 0 unspecified atom stereocenters. The van der Waals surface area contributed by atoms with Crippen LogP contribution in [0.1, 0.15) is 46.8 Å². The van der Waals surface area contributed by atoms with Crippen molar-refractivity contribution in [3.63, 3.8) is 0 Å². The number of sulfone groups is 1. The molecule has 0 fully saturated rings. The van der Waals surface area contributed by atoms with Crippen LogP contribution in [0.25, 0.3) is 0 Å². The van der Waals surface area contributed by atoms with Gasteiger partial charge in [0.15, 0.2) is 5.78 Å². The average Bonchev–Trinajstić information content (AvgIpc) is 2.88. The molecule has 0 heterocycles. The van der Waals surface area contributed by atoms with Gasteiger partial charge in [-0.2, -0.15) is 0 Å².